The molecule has 2 bridgehead atoms. The minimum Gasteiger partial charge on any atom is -0.467 e. The van der Waals surface area contributed by atoms with Crippen LogP contribution in [-0.4, -0.2) is 47.8 Å². The number of fused-ring (bicyclic) bond motifs is 2. The summed E-state index contributed by atoms with van der Waals surface area (Å²) < 4.78 is 5.49. The van der Waals surface area contributed by atoms with Crippen molar-refractivity contribution < 1.29 is 14.6 Å². The number of aliphatic hydroxyl groups is 1. The molecule has 1 aromatic rings. The van der Waals surface area contributed by atoms with Crippen molar-refractivity contribution in [3.8, 4) is 5.19 Å². The SMILES string of the molecule is CC(C)NCC(O)COc1ncc(C(=O)NCCC23CCC(CC2)C3)s1. The van der Waals surface area contributed by atoms with Gasteiger partial charge in [-0.25, -0.2) is 4.98 Å². The largest absolute Gasteiger partial charge is 0.467 e. The summed E-state index contributed by atoms with van der Waals surface area (Å²) in [6, 6.07) is 0.318. The van der Waals surface area contributed by atoms with E-state index in [0.29, 0.717) is 28.1 Å². The number of hydrogen-bond acceptors (Lipinski definition) is 6. The van der Waals surface area contributed by atoms with Gasteiger partial charge in [-0.1, -0.05) is 25.2 Å². The molecule has 2 aliphatic carbocycles. The highest BCUT2D eigenvalue weighted by molar-refractivity contribution is 7.15. The van der Waals surface area contributed by atoms with E-state index >= 15 is 0 Å². The Hall–Kier alpha value is -1.18. The minimum atomic E-state index is -0.598. The second-order valence-corrected chi connectivity index (χ2v) is 9.16. The summed E-state index contributed by atoms with van der Waals surface area (Å²) in [7, 11) is 0. The molecule has 1 atom stereocenters. The lowest BCUT2D eigenvalue weighted by Gasteiger charge is -2.26. The standard InChI is InChI=1S/C19H31N3O3S/c1-13(2)21-10-15(23)12-25-18-22-11-16(26-18)17(24)20-8-7-19-5-3-14(9-19)4-6-19/h11,13-15,21,23H,3-10,12H2,1-2H3,(H,20,24). The number of rotatable bonds is 10. The third-order valence-electron chi connectivity index (χ3n) is 5.70. The smallest absolute Gasteiger partial charge is 0.273 e. The molecular weight excluding hydrogens is 350 g/mol. The molecule has 0 saturated heterocycles. The summed E-state index contributed by atoms with van der Waals surface area (Å²) in [5.41, 5.74) is 0.500. The van der Waals surface area contributed by atoms with E-state index in [0.717, 1.165) is 18.9 Å². The second kappa shape index (κ2) is 8.67. The number of nitrogens with one attached hydrogen (secondary N) is 2. The maximum atomic E-state index is 12.3. The number of aliphatic hydroxyl groups excluding tert-OH is 1. The van der Waals surface area contributed by atoms with Crippen LogP contribution in [0.15, 0.2) is 6.20 Å². The van der Waals surface area contributed by atoms with Crippen molar-refractivity contribution in [2.24, 2.45) is 11.3 Å². The number of carbonyl (C=O) groups excluding carboxylic acids is 1. The van der Waals surface area contributed by atoms with Crippen LogP contribution in [0.25, 0.3) is 0 Å². The van der Waals surface area contributed by atoms with E-state index in [9.17, 15) is 9.90 Å². The zero-order valence-electron chi connectivity index (χ0n) is 15.8. The molecule has 3 rings (SSSR count). The Bertz CT molecular complexity index is 597. The molecular formula is C19H31N3O3S. The molecule has 146 valence electrons. The number of nitrogens with zero attached hydrogens (tertiary/aromatic N) is 1. The Morgan fingerprint density at radius 1 is 1.46 bits per heavy atom. The third kappa shape index (κ3) is 5.18. The summed E-state index contributed by atoms with van der Waals surface area (Å²) in [6.07, 6.45) is 8.82. The predicted molar refractivity (Wildman–Crippen MR) is 103 cm³/mol. The Morgan fingerprint density at radius 3 is 2.88 bits per heavy atom. The van der Waals surface area contributed by atoms with Crippen molar-refractivity contribution in [2.45, 2.75) is 64.5 Å². The average Bonchev–Trinajstić information content (AvgIpc) is 3.33. The molecule has 6 nitrogen and oxygen atoms in total. The van der Waals surface area contributed by atoms with Crippen LogP contribution in [0.4, 0.5) is 0 Å². The summed E-state index contributed by atoms with van der Waals surface area (Å²) >= 11 is 1.23. The first-order valence-electron chi connectivity index (χ1n) is 9.74. The number of aromatic nitrogens is 1. The van der Waals surface area contributed by atoms with Gasteiger partial charge in [0.05, 0.1) is 6.20 Å². The normalized spacial score (nSPS) is 25.6. The fourth-order valence-electron chi connectivity index (χ4n) is 4.22. The van der Waals surface area contributed by atoms with E-state index < -0.39 is 6.10 Å². The van der Waals surface area contributed by atoms with E-state index in [1.54, 1.807) is 6.20 Å². The minimum absolute atomic E-state index is 0.0803. The Kier molecular flexibility index (Phi) is 6.53. The molecule has 1 aromatic heterocycles. The molecule has 0 aromatic carbocycles. The molecule has 1 unspecified atom stereocenters. The fourth-order valence-corrected chi connectivity index (χ4v) is 4.91. The first-order valence-corrected chi connectivity index (χ1v) is 10.6. The zero-order chi connectivity index (χ0) is 18.6. The van der Waals surface area contributed by atoms with Crippen molar-refractivity contribution in [2.75, 3.05) is 19.7 Å². The number of amides is 1. The molecule has 2 aliphatic rings. The lowest BCUT2D eigenvalue weighted by Crippen LogP contribution is -2.35. The molecule has 26 heavy (non-hydrogen) atoms. The molecule has 0 spiro atoms. The van der Waals surface area contributed by atoms with Crippen molar-refractivity contribution in [3.63, 3.8) is 0 Å². The fraction of sp³-hybridized carbons (Fsp3) is 0.789. The number of hydrogen-bond donors (Lipinski definition) is 3. The molecule has 1 amide bonds. The first kappa shape index (κ1) is 19.6. The maximum absolute atomic E-state index is 12.3. The molecule has 0 aliphatic heterocycles. The summed E-state index contributed by atoms with van der Waals surface area (Å²) in [4.78, 5) is 17.0. The number of thiazole rings is 1. The van der Waals surface area contributed by atoms with Crippen LogP contribution in [0.2, 0.25) is 0 Å². The van der Waals surface area contributed by atoms with Gasteiger partial charge in [-0.05, 0) is 49.9 Å². The van der Waals surface area contributed by atoms with Crippen LogP contribution in [0.1, 0.15) is 62.0 Å². The van der Waals surface area contributed by atoms with Crippen LogP contribution < -0.4 is 15.4 Å². The van der Waals surface area contributed by atoms with E-state index in [2.05, 4.69) is 15.6 Å². The Morgan fingerprint density at radius 2 is 2.23 bits per heavy atom. The molecule has 2 fully saturated rings. The highest BCUT2D eigenvalue weighted by atomic mass is 32.1. The van der Waals surface area contributed by atoms with Crippen LogP contribution in [0, 0.1) is 11.3 Å². The van der Waals surface area contributed by atoms with Gasteiger partial charge in [0.25, 0.3) is 11.1 Å². The molecule has 0 radical (unpaired) electrons. The van der Waals surface area contributed by atoms with E-state index in [4.69, 9.17) is 4.74 Å². The number of carbonyl (C=O) groups is 1. The van der Waals surface area contributed by atoms with Crippen molar-refractivity contribution in [1.29, 1.82) is 0 Å². The van der Waals surface area contributed by atoms with Crippen LogP contribution >= 0.6 is 11.3 Å². The monoisotopic (exact) mass is 381 g/mol. The van der Waals surface area contributed by atoms with Gasteiger partial charge in [-0.15, -0.1) is 0 Å². The molecule has 1 heterocycles. The van der Waals surface area contributed by atoms with E-state index in [-0.39, 0.29) is 12.5 Å². The molecule has 7 heteroatoms. The quantitative estimate of drug-likeness (QED) is 0.580. The maximum Gasteiger partial charge on any atom is 0.273 e. The van der Waals surface area contributed by atoms with Gasteiger partial charge in [0.1, 0.15) is 17.6 Å². The Balaban J connectivity index is 1.37. The first-order chi connectivity index (χ1) is 12.5. The van der Waals surface area contributed by atoms with Crippen LogP contribution in [-0.2, 0) is 0 Å². The topological polar surface area (TPSA) is 83.5 Å². The van der Waals surface area contributed by atoms with Gasteiger partial charge in [0.2, 0.25) is 0 Å². The van der Waals surface area contributed by atoms with Gasteiger partial charge >= 0.3 is 0 Å². The van der Waals surface area contributed by atoms with Crippen molar-refractivity contribution >= 4 is 17.2 Å². The van der Waals surface area contributed by atoms with Gasteiger partial charge in [0, 0.05) is 19.1 Å². The van der Waals surface area contributed by atoms with Gasteiger partial charge in [-0.2, -0.15) is 0 Å². The van der Waals surface area contributed by atoms with Crippen LogP contribution in [0.5, 0.6) is 5.19 Å². The molecule has 2 saturated carbocycles. The zero-order valence-corrected chi connectivity index (χ0v) is 16.6. The van der Waals surface area contributed by atoms with E-state index in [1.165, 1.54) is 43.4 Å². The van der Waals surface area contributed by atoms with Gasteiger partial charge < -0.3 is 20.5 Å². The predicted octanol–water partition coefficient (Wildman–Crippen LogP) is 2.58. The molecule has 3 N–H and O–H groups in total. The average molecular weight is 382 g/mol. The van der Waals surface area contributed by atoms with E-state index in [1.807, 2.05) is 13.8 Å². The van der Waals surface area contributed by atoms with Crippen LogP contribution in [0.3, 0.4) is 0 Å². The second-order valence-electron chi connectivity index (χ2n) is 8.17. The Labute approximate surface area is 159 Å². The van der Waals surface area contributed by atoms with Gasteiger partial charge in [0.15, 0.2) is 0 Å². The lowest BCUT2D eigenvalue weighted by molar-refractivity contribution is 0.0950. The van der Waals surface area contributed by atoms with Gasteiger partial charge in [-0.3, -0.25) is 4.79 Å². The summed E-state index contributed by atoms with van der Waals surface area (Å²) in [5, 5.41) is 16.5. The third-order valence-corrected chi connectivity index (χ3v) is 6.61. The highest BCUT2D eigenvalue weighted by Crippen LogP contribution is 2.55. The lowest BCUT2D eigenvalue weighted by atomic mass is 9.81. The van der Waals surface area contributed by atoms with Crippen molar-refractivity contribution in [1.82, 2.24) is 15.6 Å². The summed E-state index contributed by atoms with van der Waals surface area (Å²) in [5.74, 6) is 0.862. The summed E-state index contributed by atoms with van der Waals surface area (Å²) in [6.45, 7) is 5.42. The highest BCUT2D eigenvalue weighted by Gasteiger charge is 2.44. The van der Waals surface area contributed by atoms with Crippen molar-refractivity contribution in [3.05, 3.63) is 11.1 Å². The number of ether oxygens (including phenoxy) is 1.